The monoisotopic (exact) mass is 338 g/mol. The number of carbonyl (C=O) groups is 1. The number of rotatable bonds is 17. The quantitative estimate of drug-likeness (QED) is 0.231. The summed E-state index contributed by atoms with van der Waals surface area (Å²) in [4.78, 5) is 11.4. The van der Waals surface area contributed by atoms with Gasteiger partial charge in [-0.25, -0.2) is 0 Å². The van der Waals surface area contributed by atoms with Gasteiger partial charge in [-0.15, -0.1) is 11.6 Å². The predicted molar refractivity (Wildman–Crippen MR) is 87.5 cm³/mol. The Balaban J connectivity index is 3.10. The van der Waals surface area contributed by atoms with Gasteiger partial charge in [-0.2, -0.15) is 0 Å². The van der Waals surface area contributed by atoms with Crippen molar-refractivity contribution >= 4 is 17.6 Å². The zero-order valence-electron chi connectivity index (χ0n) is 13.8. The Morgan fingerprint density at radius 1 is 0.773 bits per heavy atom. The van der Waals surface area contributed by atoms with Crippen molar-refractivity contribution in [1.29, 1.82) is 0 Å². The summed E-state index contributed by atoms with van der Waals surface area (Å²) in [5.74, 6) is 0.369. The molecule has 0 aromatic rings. The van der Waals surface area contributed by atoms with Crippen LogP contribution in [0.4, 0.5) is 0 Å². The highest BCUT2D eigenvalue weighted by molar-refractivity contribution is 6.17. The summed E-state index contributed by atoms with van der Waals surface area (Å²) in [7, 11) is 0. The first kappa shape index (κ1) is 21.6. The van der Waals surface area contributed by atoms with Gasteiger partial charge in [-0.05, 0) is 6.42 Å². The van der Waals surface area contributed by atoms with Crippen LogP contribution >= 0.6 is 11.6 Å². The fourth-order valence-electron chi connectivity index (χ4n) is 1.76. The molecule has 132 valence electrons. The number of unbranched alkanes of at least 4 members (excludes halogenated alkanes) is 4. The molecule has 0 aliphatic heterocycles. The molecule has 22 heavy (non-hydrogen) atoms. The molecule has 0 radical (unpaired) electrons. The largest absolute Gasteiger partial charge is 0.463 e. The Morgan fingerprint density at radius 3 is 1.91 bits per heavy atom. The maximum absolute atomic E-state index is 11.4. The van der Waals surface area contributed by atoms with Crippen LogP contribution in [0.2, 0.25) is 0 Å². The van der Waals surface area contributed by atoms with Crippen molar-refractivity contribution in [1.82, 2.24) is 0 Å². The topological polar surface area (TPSA) is 54.0 Å². The van der Waals surface area contributed by atoms with Gasteiger partial charge in [0, 0.05) is 12.3 Å². The second-order valence-electron chi connectivity index (χ2n) is 4.91. The van der Waals surface area contributed by atoms with Crippen molar-refractivity contribution in [2.75, 3.05) is 52.1 Å². The molecule has 0 bridgehead atoms. The minimum absolute atomic E-state index is 0.132. The van der Waals surface area contributed by atoms with Gasteiger partial charge in [0.15, 0.2) is 0 Å². The van der Waals surface area contributed by atoms with E-state index in [1.54, 1.807) is 0 Å². The highest BCUT2D eigenvalue weighted by Gasteiger charge is 2.02. The van der Waals surface area contributed by atoms with Crippen molar-refractivity contribution in [2.45, 2.75) is 45.4 Å². The molecule has 6 heteroatoms. The van der Waals surface area contributed by atoms with Crippen LogP contribution in [0.25, 0.3) is 0 Å². The maximum atomic E-state index is 11.4. The lowest BCUT2D eigenvalue weighted by Gasteiger charge is -2.07. The molecule has 0 atom stereocenters. The van der Waals surface area contributed by atoms with Gasteiger partial charge in [0.25, 0.3) is 0 Å². The molecule has 0 aliphatic rings. The summed E-state index contributed by atoms with van der Waals surface area (Å²) in [5, 5.41) is 0. The molecule has 0 rings (SSSR count). The molecule has 0 saturated heterocycles. The van der Waals surface area contributed by atoms with Crippen molar-refractivity contribution in [3.8, 4) is 0 Å². The SMILES string of the molecule is CCCCCCCC(=O)OCCOCCOCCOCCCl. The van der Waals surface area contributed by atoms with Crippen LogP contribution in [0.15, 0.2) is 0 Å². The first-order chi connectivity index (χ1) is 10.8. The van der Waals surface area contributed by atoms with E-state index in [1.165, 1.54) is 19.3 Å². The van der Waals surface area contributed by atoms with E-state index < -0.39 is 0 Å². The average Bonchev–Trinajstić information content (AvgIpc) is 2.52. The third-order valence-corrected chi connectivity index (χ3v) is 3.09. The van der Waals surface area contributed by atoms with E-state index in [1.807, 2.05) is 0 Å². The van der Waals surface area contributed by atoms with E-state index in [-0.39, 0.29) is 5.97 Å². The van der Waals surface area contributed by atoms with Crippen LogP contribution < -0.4 is 0 Å². The van der Waals surface area contributed by atoms with Crippen LogP contribution in [0.5, 0.6) is 0 Å². The first-order valence-corrected chi connectivity index (χ1v) is 8.79. The Hall–Kier alpha value is -0.360. The van der Waals surface area contributed by atoms with E-state index in [0.29, 0.717) is 58.5 Å². The summed E-state index contributed by atoms with van der Waals surface area (Å²) < 4.78 is 20.8. The third-order valence-electron chi connectivity index (χ3n) is 2.94. The predicted octanol–water partition coefficient (Wildman–Crippen LogP) is 3.18. The van der Waals surface area contributed by atoms with Crippen LogP contribution in [-0.4, -0.2) is 58.1 Å². The fraction of sp³-hybridized carbons (Fsp3) is 0.938. The van der Waals surface area contributed by atoms with Crippen molar-refractivity contribution in [3.05, 3.63) is 0 Å². The first-order valence-electron chi connectivity index (χ1n) is 8.26. The van der Waals surface area contributed by atoms with Crippen LogP contribution in [-0.2, 0) is 23.7 Å². The van der Waals surface area contributed by atoms with Gasteiger partial charge in [-0.1, -0.05) is 32.6 Å². The molecule has 0 unspecified atom stereocenters. The van der Waals surface area contributed by atoms with Gasteiger partial charge in [0.05, 0.1) is 39.6 Å². The van der Waals surface area contributed by atoms with Crippen molar-refractivity contribution in [2.24, 2.45) is 0 Å². The summed E-state index contributed by atoms with van der Waals surface area (Å²) in [6.07, 6.45) is 6.18. The number of alkyl halides is 1. The Morgan fingerprint density at radius 2 is 1.32 bits per heavy atom. The number of hydrogen-bond donors (Lipinski definition) is 0. The van der Waals surface area contributed by atoms with Crippen LogP contribution in [0.1, 0.15) is 45.4 Å². The average molecular weight is 339 g/mol. The fourth-order valence-corrected chi connectivity index (χ4v) is 1.87. The number of halogens is 1. The smallest absolute Gasteiger partial charge is 0.305 e. The molecule has 0 aromatic carbocycles. The lowest BCUT2D eigenvalue weighted by atomic mass is 10.1. The Bertz CT molecular complexity index is 239. The van der Waals surface area contributed by atoms with E-state index in [0.717, 1.165) is 12.8 Å². The molecule has 0 saturated carbocycles. The summed E-state index contributed by atoms with van der Waals surface area (Å²) in [6, 6.07) is 0. The normalized spacial score (nSPS) is 10.8. The van der Waals surface area contributed by atoms with E-state index in [4.69, 9.17) is 30.5 Å². The highest BCUT2D eigenvalue weighted by atomic mass is 35.5. The standard InChI is InChI=1S/C16H31ClO5/c1-2-3-4-5-6-7-16(18)22-15-14-21-13-12-20-11-10-19-9-8-17/h2-15H2,1H3. The van der Waals surface area contributed by atoms with Gasteiger partial charge in [0.1, 0.15) is 6.61 Å². The minimum atomic E-state index is -0.132. The summed E-state index contributed by atoms with van der Waals surface area (Å²) >= 11 is 5.46. The molecule has 0 spiro atoms. The summed E-state index contributed by atoms with van der Waals surface area (Å²) in [5.41, 5.74) is 0. The van der Waals surface area contributed by atoms with E-state index in [9.17, 15) is 4.79 Å². The van der Waals surface area contributed by atoms with Crippen molar-refractivity contribution < 1.29 is 23.7 Å². The highest BCUT2D eigenvalue weighted by Crippen LogP contribution is 2.05. The number of carbonyl (C=O) groups excluding carboxylic acids is 1. The van der Waals surface area contributed by atoms with Gasteiger partial charge < -0.3 is 18.9 Å². The molecular weight excluding hydrogens is 308 g/mol. The molecule has 0 heterocycles. The zero-order valence-corrected chi connectivity index (χ0v) is 14.6. The lowest BCUT2D eigenvalue weighted by molar-refractivity contribution is -0.145. The number of hydrogen-bond acceptors (Lipinski definition) is 5. The number of esters is 1. The lowest BCUT2D eigenvalue weighted by Crippen LogP contribution is -2.14. The van der Waals surface area contributed by atoms with Gasteiger partial charge in [-0.3, -0.25) is 4.79 Å². The van der Waals surface area contributed by atoms with Gasteiger partial charge in [0.2, 0.25) is 0 Å². The molecule has 0 amide bonds. The van der Waals surface area contributed by atoms with Crippen molar-refractivity contribution in [3.63, 3.8) is 0 Å². The molecule has 0 fully saturated rings. The molecular formula is C16H31ClO5. The Labute approximate surface area is 139 Å². The second kappa shape index (κ2) is 18.7. The molecule has 0 N–H and O–H groups in total. The Kier molecular flexibility index (Phi) is 18.4. The maximum Gasteiger partial charge on any atom is 0.305 e. The molecule has 0 aliphatic carbocycles. The van der Waals surface area contributed by atoms with Crippen LogP contribution in [0, 0.1) is 0 Å². The molecule has 0 aromatic heterocycles. The number of ether oxygens (including phenoxy) is 4. The van der Waals surface area contributed by atoms with E-state index >= 15 is 0 Å². The third kappa shape index (κ3) is 17.7. The molecule has 5 nitrogen and oxygen atoms in total. The van der Waals surface area contributed by atoms with Crippen LogP contribution in [0.3, 0.4) is 0 Å². The van der Waals surface area contributed by atoms with Gasteiger partial charge >= 0.3 is 5.97 Å². The van der Waals surface area contributed by atoms with E-state index in [2.05, 4.69) is 6.92 Å². The zero-order chi connectivity index (χ0) is 16.3. The second-order valence-corrected chi connectivity index (χ2v) is 5.29. The summed E-state index contributed by atoms with van der Waals surface area (Å²) in [6.45, 7) is 5.52. The minimum Gasteiger partial charge on any atom is -0.463 e.